The number of benzene rings is 2. The molecule has 4 nitrogen and oxygen atoms in total. The van der Waals surface area contributed by atoms with Gasteiger partial charge in [0.2, 0.25) is 0 Å². The topological polar surface area (TPSA) is 64.7 Å². The number of hydrogen-bond acceptors (Lipinski definition) is 3. The van der Waals surface area contributed by atoms with Gasteiger partial charge < -0.3 is 10.6 Å². The molecular weight excluding hydrogens is 344 g/mol. The Bertz CT molecular complexity index is 656. The van der Waals surface area contributed by atoms with Gasteiger partial charge in [-0.15, -0.1) is 0 Å². The van der Waals surface area contributed by atoms with E-state index >= 15 is 0 Å². The maximum Gasteiger partial charge on any atom is 0.366 e. The Kier molecular flexibility index (Phi) is 4.76. The fraction of sp³-hybridized carbons (Fsp3) is 0. The van der Waals surface area contributed by atoms with Gasteiger partial charge in [0.1, 0.15) is 0 Å². The van der Waals surface area contributed by atoms with Gasteiger partial charge in [0.15, 0.2) is 5.84 Å². The first-order chi connectivity index (χ1) is 9.58. The zero-order valence-electron chi connectivity index (χ0n) is 10.2. The molecule has 0 heterocycles. The Hall–Kier alpha value is -1.85. The number of oxime groups is 1. The summed E-state index contributed by atoms with van der Waals surface area (Å²) in [6.45, 7) is 0. The molecule has 0 amide bonds. The van der Waals surface area contributed by atoms with Crippen LogP contribution in [0.3, 0.4) is 0 Å². The fourth-order valence-electron chi connectivity index (χ4n) is 1.44. The molecular formula is C14H10BrClN2O2. The van der Waals surface area contributed by atoms with Crippen molar-refractivity contribution in [2.24, 2.45) is 10.9 Å². The van der Waals surface area contributed by atoms with E-state index in [1.165, 1.54) is 0 Å². The van der Waals surface area contributed by atoms with Crippen molar-refractivity contribution >= 4 is 39.3 Å². The van der Waals surface area contributed by atoms with Crippen molar-refractivity contribution in [3.05, 3.63) is 69.2 Å². The molecule has 0 saturated carbocycles. The summed E-state index contributed by atoms with van der Waals surface area (Å²) in [5, 5.41) is 4.21. The normalized spacial score (nSPS) is 11.2. The minimum absolute atomic E-state index is 0.0991. The van der Waals surface area contributed by atoms with Crippen LogP contribution in [-0.4, -0.2) is 11.8 Å². The Morgan fingerprint density at radius 2 is 1.80 bits per heavy atom. The predicted molar refractivity (Wildman–Crippen MR) is 81.7 cm³/mol. The van der Waals surface area contributed by atoms with Crippen LogP contribution in [0.15, 0.2) is 58.2 Å². The zero-order chi connectivity index (χ0) is 14.5. The second kappa shape index (κ2) is 6.54. The van der Waals surface area contributed by atoms with Gasteiger partial charge >= 0.3 is 5.97 Å². The molecule has 20 heavy (non-hydrogen) atoms. The molecule has 0 atom stereocenters. The highest BCUT2D eigenvalue weighted by Crippen LogP contribution is 2.17. The summed E-state index contributed by atoms with van der Waals surface area (Å²) in [5.41, 5.74) is 6.72. The maximum atomic E-state index is 11.8. The average Bonchev–Trinajstić information content (AvgIpc) is 2.45. The summed E-state index contributed by atoms with van der Waals surface area (Å²) >= 11 is 9.03. The number of nitrogens with two attached hydrogens (primary N) is 1. The van der Waals surface area contributed by atoms with Crippen LogP contribution >= 0.6 is 27.5 Å². The molecule has 0 fully saturated rings. The number of rotatable bonds is 3. The Labute approximate surface area is 129 Å². The number of amidine groups is 1. The molecule has 102 valence electrons. The van der Waals surface area contributed by atoms with E-state index < -0.39 is 5.97 Å². The smallest absolute Gasteiger partial charge is 0.366 e. The SMILES string of the molecule is NC(=NOC(=O)c1ccccc1Br)c1ccc(Cl)cc1. The molecule has 0 aromatic heterocycles. The second-order valence-electron chi connectivity index (χ2n) is 3.84. The summed E-state index contributed by atoms with van der Waals surface area (Å²) in [6, 6.07) is 13.6. The Morgan fingerprint density at radius 1 is 1.15 bits per heavy atom. The van der Waals surface area contributed by atoms with Crippen molar-refractivity contribution in [1.82, 2.24) is 0 Å². The number of carbonyl (C=O) groups is 1. The number of halogens is 2. The first kappa shape index (κ1) is 14.6. The van der Waals surface area contributed by atoms with Crippen LogP contribution < -0.4 is 5.73 Å². The highest BCUT2D eigenvalue weighted by Gasteiger charge is 2.11. The van der Waals surface area contributed by atoms with Gasteiger partial charge in [0.25, 0.3) is 0 Å². The molecule has 2 aromatic carbocycles. The number of carbonyl (C=O) groups excluding carboxylic acids is 1. The van der Waals surface area contributed by atoms with Crippen molar-refractivity contribution < 1.29 is 9.63 Å². The van der Waals surface area contributed by atoms with Gasteiger partial charge in [-0.2, -0.15) is 0 Å². The first-order valence-corrected chi connectivity index (χ1v) is 6.80. The van der Waals surface area contributed by atoms with Gasteiger partial charge in [-0.3, -0.25) is 0 Å². The third-order valence-corrected chi connectivity index (χ3v) is 3.40. The van der Waals surface area contributed by atoms with Crippen LogP contribution in [0.2, 0.25) is 5.02 Å². The molecule has 0 bridgehead atoms. The maximum absolute atomic E-state index is 11.8. The lowest BCUT2D eigenvalue weighted by atomic mass is 10.2. The summed E-state index contributed by atoms with van der Waals surface area (Å²) < 4.78 is 0.630. The predicted octanol–water partition coefficient (Wildman–Crippen LogP) is 3.58. The van der Waals surface area contributed by atoms with E-state index in [4.69, 9.17) is 22.2 Å². The van der Waals surface area contributed by atoms with Gasteiger partial charge in [-0.1, -0.05) is 28.9 Å². The summed E-state index contributed by atoms with van der Waals surface area (Å²) in [4.78, 5) is 16.6. The van der Waals surface area contributed by atoms with Gasteiger partial charge in [-0.25, -0.2) is 4.79 Å². The van der Waals surface area contributed by atoms with E-state index in [0.29, 0.717) is 20.6 Å². The summed E-state index contributed by atoms with van der Waals surface area (Å²) in [5.74, 6) is -0.489. The second-order valence-corrected chi connectivity index (χ2v) is 5.13. The molecule has 0 aliphatic rings. The number of nitrogens with zero attached hydrogens (tertiary/aromatic N) is 1. The van der Waals surface area contributed by atoms with E-state index in [-0.39, 0.29) is 5.84 Å². The molecule has 0 aliphatic heterocycles. The van der Waals surface area contributed by atoms with Crippen LogP contribution in [0.5, 0.6) is 0 Å². The molecule has 0 radical (unpaired) electrons. The van der Waals surface area contributed by atoms with Crippen molar-refractivity contribution in [3.63, 3.8) is 0 Å². The molecule has 0 aliphatic carbocycles. The molecule has 0 unspecified atom stereocenters. The third-order valence-electron chi connectivity index (χ3n) is 2.46. The van der Waals surface area contributed by atoms with E-state index in [1.54, 1.807) is 48.5 Å². The first-order valence-electron chi connectivity index (χ1n) is 5.63. The van der Waals surface area contributed by atoms with Crippen LogP contribution in [0.25, 0.3) is 0 Å². The third kappa shape index (κ3) is 3.59. The standard InChI is InChI=1S/C14H10BrClN2O2/c15-12-4-2-1-3-11(12)14(19)20-18-13(17)9-5-7-10(16)8-6-9/h1-8H,(H2,17,18). The van der Waals surface area contributed by atoms with Crippen molar-refractivity contribution in [3.8, 4) is 0 Å². The Balaban J connectivity index is 2.11. The largest absolute Gasteiger partial charge is 0.380 e. The van der Waals surface area contributed by atoms with E-state index in [1.807, 2.05) is 0 Å². The van der Waals surface area contributed by atoms with Crippen molar-refractivity contribution in [2.45, 2.75) is 0 Å². The van der Waals surface area contributed by atoms with Crippen LogP contribution in [0, 0.1) is 0 Å². The molecule has 0 spiro atoms. The van der Waals surface area contributed by atoms with Crippen LogP contribution in [-0.2, 0) is 4.84 Å². The van der Waals surface area contributed by atoms with Crippen molar-refractivity contribution in [2.75, 3.05) is 0 Å². The van der Waals surface area contributed by atoms with Gasteiger partial charge in [0.05, 0.1) is 5.56 Å². The zero-order valence-corrected chi connectivity index (χ0v) is 12.6. The van der Waals surface area contributed by atoms with E-state index in [2.05, 4.69) is 21.1 Å². The highest BCUT2D eigenvalue weighted by molar-refractivity contribution is 9.10. The molecule has 6 heteroatoms. The summed E-state index contributed by atoms with van der Waals surface area (Å²) in [7, 11) is 0. The molecule has 2 rings (SSSR count). The lowest BCUT2D eigenvalue weighted by Crippen LogP contribution is -2.15. The van der Waals surface area contributed by atoms with Crippen LogP contribution in [0.4, 0.5) is 0 Å². The van der Waals surface area contributed by atoms with Crippen LogP contribution in [0.1, 0.15) is 15.9 Å². The van der Waals surface area contributed by atoms with E-state index in [9.17, 15) is 4.79 Å². The molecule has 0 saturated heterocycles. The molecule has 2 aromatic rings. The molecule has 2 N–H and O–H groups in total. The quantitative estimate of drug-likeness (QED) is 0.397. The fourth-order valence-corrected chi connectivity index (χ4v) is 2.01. The van der Waals surface area contributed by atoms with Gasteiger partial charge in [-0.05, 0) is 52.3 Å². The average molecular weight is 354 g/mol. The Morgan fingerprint density at radius 3 is 2.45 bits per heavy atom. The minimum Gasteiger partial charge on any atom is -0.380 e. The lowest BCUT2D eigenvalue weighted by molar-refractivity contribution is 0.0515. The van der Waals surface area contributed by atoms with E-state index in [0.717, 1.165) is 0 Å². The summed E-state index contributed by atoms with van der Waals surface area (Å²) in [6.07, 6.45) is 0. The van der Waals surface area contributed by atoms with Crippen molar-refractivity contribution in [1.29, 1.82) is 0 Å². The number of hydrogen-bond donors (Lipinski definition) is 1. The highest BCUT2D eigenvalue weighted by atomic mass is 79.9. The minimum atomic E-state index is -0.589. The lowest BCUT2D eigenvalue weighted by Gasteiger charge is -2.02. The monoisotopic (exact) mass is 352 g/mol. The van der Waals surface area contributed by atoms with Gasteiger partial charge in [0, 0.05) is 15.1 Å².